The number of likely N-dealkylation sites (tertiary alicyclic amines) is 1. The zero-order valence-electron chi connectivity index (χ0n) is 20.9. The van der Waals surface area contributed by atoms with Gasteiger partial charge in [0.05, 0.1) is 25.3 Å². The van der Waals surface area contributed by atoms with Gasteiger partial charge in [-0.15, -0.1) is 11.6 Å². The number of anilines is 1. The average molecular weight is 568 g/mol. The quantitative estimate of drug-likeness (QED) is 0.377. The van der Waals surface area contributed by atoms with E-state index in [1.54, 1.807) is 23.1 Å². The molecule has 2 fully saturated rings. The summed E-state index contributed by atoms with van der Waals surface area (Å²) in [5.74, 6) is 0.318. The molecule has 0 N–H and O–H groups in total. The van der Waals surface area contributed by atoms with E-state index < -0.39 is 12.2 Å². The molecule has 204 valence electrons. The predicted molar refractivity (Wildman–Crippen MR) is 140 cm³/mol. The highest BCUT2D eigenvalue weighted by atomic mass is 35.5. The minimum Gasteiger partial charge on any atom is -0.492 e. The number of alkyl halides is 3. The van der Waals surface area contributed by atoms with Crippen molar-refractivity contribution in [2.24, 2.45) is 0 Å². The van der Waals surface area contributed by atoms with Crippen molar-refractivity contribution < 1.29 is 23.0 Å². The molecule has 0 radical (unpaired) electrons. The van der Waals surface area contributed by atoms with Gasteiger partial charge >= 0.3 is 0 Å². The number of hydrogen-bond donors (Lipinski definition) is 0. The molecule has 1 aromatic carbocycles. The Labute approximate surface area is 227 Å². The number of piperidine rings is 1. The van der Waals surface area contributed by atoms with Crippen molar-refractivity contribution in [2.75, 3.05) is 56.8 Å². The Balaban J connectivity index is 1.54. The van der Waals surface area contributed by atoms with Crippen LogP contribution in [0.2, 0.25) is 0 Å². The molecule has 0 bridgehead atoms. The lowest BCUT2D eigenvalue weighted by Crippen LogP contribution is -2.40. The number of carbonyl (C=O) groups excluding carboxylic acids is 1. The number of hydrogen-bond acceptors (Lipinski definition) is 9. The molecule has 2 aliphatic heterocycles. The van der Waals surface area contributed by atoms with Gasteiger partial charge in [-0.25, -0.2) is 13.8 Å². The molecule has 1 amide bonds. The third-order valence-corrected chi connectivity index (χ3v) is 7.86. The Morgan fingerprint density at radius 3 is 2.55 bits per heavy atom. The SMILES string of the molecule is CCOc1cccc2c1nc(C(F)F)n2-c1nc(SC2CCN(C(=O)CCl)CC2)nc(N2CCOCC2)n1. The zero-order valence-corrected chi connectivity index (χ0v) is 22.4. The largest absolute Gasteiger partial charge is 0.492 e. The summed E-state index contributed by atoms with van der Waals surface area (Å²) >= 11 is 7.18. The van der Waals surface area contributed by atoms with Crippen molar-refractivity contribution >= 4 is 46.3 Å². The normalized spacial score (nSPS) is 17.0. The van der Waals surface area contributed by atoms with Crippen molar-refractivity contribution in [3.8, 4) is 11.7 Å². The molecular weight excluding hydrogens is 540 g/mol. The second-order valence-electron chi connectivity index (χ2n) is 8.81. The number of imidazole rings is 1. The van der Waals surface area contributed by atoms with E-state index in [0.717, 1.165) is 12.8 Å². The summed E-state index contributed by atoms with van der Waals surface area (Å²) in [6, 6.07) is 5.13. The number of aromatic nitrogens is 5. The van der Waals surface area contributed by atoms with Gasteiger partial charge in [-0.2, -0.15) is 15.0 Å². The molecule has 0 saturated carbocycles. The molecule has 2 aromatic heterocycles. The maximum atomic E-state index is 14.3. The average Bonchev–Trinajstić information content (AvgIpc) is 3.35. The summed E-state index contributed by atoms with van der Waals surface area (Å²) in [5.41, 5.74) is 0.748. The lowest BCUT2D eigenvalue weighted by Gasteiger charge is -2.31. The Hall–Kier alpha value is -2.77. The summed E-state index contributed by atoms with van der Waals surface area (Å²) in [5, 5.41) is 0.586. The molecule has 14 heteroatoms. The number of benzene rings is 1. The van der Waals surface area contributed by atoms with E-state index in [4.69, 9.17) is 26.1 Å². The van der Waals surface area contributed by atoms with Crippen LogP contribution in [-0.4, -0.2) is 92.4 Å². The van der Waals surface area contributed by atoms with Gasteiger partial charge in [0.15, 0.2) is 11.0 Å². The lowest BCUT2D eigenvalue weighted by molar-refractivity contribution is -0.129. The van der Waals surface area contributed by atoms with Crippen LogP contribution >= 0.6 is 23.4 Å². The molecule has 3 aromatic rings. The van der Waals surface area contributed by atoms with Crippen LogP contribution in [0.3, 0.4) is 0 Å². The van der Waals surface area contributed by atoms with E-state index in [-0.39, 0.29) is 23.0 Å². The number of morpholine rings is 1. The second kappa shape index (κ2) is 12.0. The molecule has 0 aliphatic carbocycles. The van der Waals surface area contributed by atoms with Crippen molar-refractivity contribution in [1.82, 2.24) is 29.4 Å². The first-order valence-electron chi connectivity index (χ1n) is 12.5. The number of carbonyl (C=O) groups is 1. The Morgan fingerprint density at radius 1 is 1.13 bits per heavy atom. The van der Waals surface area contributed by atoms with Crippen LogP contribution in [0.4, 0.5) is 14.7 Å². The van der Waals surface area contributed by atoms with Gasteiger partial charge in [0.2, 0.25) is 17.8 Å². The first-order chi connectivity index (χ1) is 18.5. The molecule has 0 unspecified atom stereocenters. The fourth-order valence-corrected chi connectivity index (χ4v) is 5.75. The van der Waals surface area contributed by atoms with Crippen LogP contribution in [-0.2, 0) is 9.53 Å². The summed E-state index contributed by atoms with van der Waals surface area (Å²) in [4.78, 5) is 33.8. The smallest absolute Gasteiger partial charge is 0.296 e. The van der Waals surface area contributed by atoms with Crippen LogP contribution in [0.1, 0.15) is 32.0 Å². The van der Waals surface area contributed by atoms with Crippen molar-refractivity contribution in [2.45, 2.75) is 36.6 Å². The lowest BCUT2D eigenvalue weighted by atomic mass is 10.1. The van der Waals surface area contributed by atoms with Crippen LogP contribution in [0.15, 0.2) is 23.4 Å². The van der Waals surface area contributed by atoms with Gasteiger partial charge in [-0.1, -0.05) is 17.8 Å². The monoisotopic (exact) mass is 567 g/mol. The van der Waals surface area contributed by atoms with Gasteiger partial charge in [0.1, 0.15) is 17.1 Å². The first kappa shape index (κ1) is 26.8. The standard InChI is InChI=1S/C24H28ClF2N7O3S/c1-2-37-17-5-3-4-16-19(17)28-21(20(26)27)34(16)23-29-22(33-10-12-36-13-11-33)30-24(31-23)38-15-6-8-32(9-7-15)18(35)14-25/h3-5,15,20H,2,6-14H2,1H3. The van der Waals surface area contributed by atoms with Gasteiger partial charge in [-0.05, 0) is 31.9 Å². The number of halogens is 3. The summed E-state index contributed by atoms with van der Waals surface area (Å²) in [7, 11) is 0. The van der Waals surface area contributed by atoms with Gasteiger partial charge in [-0.3, -0.25) is 9.36 Å². The van der Waals surface area contributed by atoms with E-state index in [2.05, 4.69) is 15.0 Å². The molecule has 2 aliphatic rings. The number of thioether (sulfide) groups is 1. The van der Waals surface area contributed by atoms with Crippen LogP contribution in [0.25, 0.3) is 17.0 Å². The van der Waals surface area contributed by atoms with Gasteiger partial charge < -0.3 is 19.3 Å². The maximum Gasteiger partial charge on any atom is 0.296 e. The Morgan fingerprint density at radius 2 is 1.87 bits per heavy atom. The zero-order chi connectivity index (χ0) is 26.6. The van der Waals surface area contributed by atoms with E-state index in [9.17, 15) is 13.6 Å². The molecular formula is C24H28ClF2N7O3S. The van der Waals surface area contributed by atoms with Crippen LogP contribution in [0, 0.1) is 0 Å². The highest BCUT2D eigenvalue weighted by molar-refractivity contribution is 7.99. The molecule has 4 heterocycles. The third-order valence-electron chi connectivity index (χ3n) is 6.44. The van der Waals surface area contributed by atoms with Crippen LogP contribution in [0.5, 0.6) is 5.75 Å². The number of para-hydroxylation sites is 1. The number of rotatable bonds is 8. The first-order valence-corrected chi connectivity index (χ1v) is 13.9. The van der Waals surface area contributed by atoms with Crippen molar-refractivity contribution in [3.05, 3.63) is 24.0 Å². The maximum absolute atomic E-state index is 14.3. The number of nitrogens with zero attached hydrogens (tertiary/aromatic N) is 7. The number of ether oxygens (including phenoxy) is 2. The highest BCUT2D eigenvalue weighted by Gasteiger charge is 2.28. The minimum atomic E-state index is -2.86. The van der Waals surface area contributed by atoms with E-state index >= 15 is 0 Å². The predicted octanol–water partition coefficient (Wildman–Crippen LogP) is 3.71. The van der Waals surface area contributed by atoms with E-state index in [1.165, 1.54) is 16.3 Å². The fourth-order valence-electron chi connectivity index (χ4n) is 4.57. The molecule has 2 saturated heterocycles. The summed E-state index contributed by atoms with van der Waals surface area (Å²) < 4.78 is 40.9. The van der Waals surface area contributed by atoms with Gasteiger partial charge in [0, 0.05) is 31.4 Å². The minimum absolute atomic E-state index is 0.0338. The third kappa shape index (κ3) is 5.64. The number of amides is 1. The van der Waals surface area contributed by atoms with E-state index in [1.807, 2.05) is 11.8 Å². The summed E-state index contributed by atoms with van der Waals surface area (Å²) in [6.45, 7) is 5.58. The van der Waals surface area contributed by atoms with Crippen molar-refractivity contribution in [1.29, 1.82) is 0 Å². The molecule has 0 atom stereocenters. The molecule has 0 spiro atoms. The molecule has 38 heavy (non-hydrogen) atoms. The Bertz CT molecular complexity index is 1280. The van der Waals surface area contributed by atoms with E-state index in [0.29, 0.717) is 73.9 Å². The second-order valence-corrected chi connectivity index (χ2v) is 10.3. The molecule has 10 nitrogen and oxygen atoms in total. The topological polar surface area (TPSA) is 98.5 Å². The fraction of sp³-hybridized carbons (Fsp3) is 0.542. The van der Waals surface area contributed by atoms with Crippen LogP contribution < -0.4 is 9.64 Å². The summed E-state index contributed by atoms with van der Waals surface area (Å²) in [6.07, 6.45) is -1.37. The van der Waals surface area contributed by atoms with Crippen molar-refractivity contribution in [3.63, 3.8) is 0 Å². The molecule has 5 rings (SSSR count). The highest BCUT2D eigenvalue weighted by Crippen LogP contribution is 2.34. The number of fused-ring (bicyclic) bond motifs is 1. The Kier molecular flexibility index (Phi) is 8.44. The van der Waals surface area contributed by atoms with Gasteiger partial charge in [0.25, 0.3) is 6.43 Å².